The molecule has 154 valence electrons. The lowest BCUT2D eigenvalue weighted by Gasteiger charge is -1.99. The number of fused-ring (bicyclic) bond motifs is 2. The largest absolute Gasteiger partial charge is 0.335 e. The van der Waals surface area contributed by atoms with Crippen molar-refractivity contribution in [3.05, 3.63) is 60.1 Å². The highest BCUT2D eigenvalue weighted by atomic mass is 32.1. The molecule has 0 bridgehead atoms. The van der Waals surface area contributed by atoms with Crippen molar-refractivity contribution in [2.75, 3.05) is 0 Å². The molecule has 0 atom stereocenters. The number of aldehydes is 1. The molecular weight excluding hydrogens is 424 g/mol. The number of H-pyrrole nitrogens is 2. The number of nitrogens with zero attached hydrogens (tertiary/aromatic N) is 6. The molecule has 0 saturated carbocycles. The van der Waals surface area contributed by atoms with Gasteiger partial charge >= 0.3 is 0 Å². The van der Waals surface area contributed by atoms with E-state index in [1.165, 1.54) is 0 Å². The van der Waals surface area contributed by atoms with E-state index in [0.29, 0.717) is 35.0 Å². The van der Waals surface area contributed by atoms with Crippen molar-refractivity contribution in [2.45, 2.75) is 6.42 Å². The number of carbonyl (C=O) groups excluding carboxylic acids is 1. The lowest BCUT2D eigenvalue weighted by molar-refractivity contribution is -0.107. The Balaban J connectivity index is 1.48. The van der Waals surface area contributed by atoms with Gasteiger partial charge in [0.05, 0.1) is 29.1 Å². The maximum absolute atomic E-state index is 10.8. The molecule has 0 aliphatic heterocycles. The molecule has 6 aromatic rings. The molecule has 0 aliphatic carbocycles. The van der Waals surface area contributed by atoms with Gasteiger partial charge in [-0.1, -0.05) is 0 Å². The zero-order chi connectivity index (χ0) is 21.5. The number of hydrogen-bond acceptors (Lipinski definition) is 8. The fraction of sp³-hybridized carbons (Fsp3) is 0.0455. The summed E-state index contributed by atoms with van der Waals surface area (Å²) < 4.78 is 0. The van der Waals surface area contributed by atoms with Crippen LogP contribution in [0, 0.1) is 0 Å². The topological polar surface area (TPSA) is 126 Å². The minimum Gasteiger partial charge on any atom is -0.335 e. The van der Waals surface area contributed by atoms with Gasteiger partial charge < -0.3 is 9.78 Å². The van der Waals surface area contributed by atoms with Crippen molar-refractivity contribution >= 4 is 39.7 Å². The molecule has 32 heavy (non-hydrogen) atoms. The average molecular weight is 438 g/mol. The summed E-state index contributed by atoms with van der Waals surface area (Å²) in [5.41, 5.74) is 5.24. The number of imidazole rings is 1. The van der Waals surface area contributed by atoms with Crippen LogP contribution >= 0.6 is 11.3 Å². The van der Waals surface area contributed by atoms with Crippen molar-refractivity contribution in [2.24, 2.45) is 0 Å². The fourth-order valence-corrected chi connectivity index (χ4v) is 4.60. The third-order valence-electron chi connectivity index (χ3n) is 5.10. The first kappa shape index (κ1) is 18.5. The SMILES string of the molecule is O=CCc1ccc(-c2ccnc3nc(-c4n[nH]c5cnc(-c6cnccn6)cc45)[nH]c23)s1. The van der Waals surface area contributed by atoms with E-state index in [9.17, 15) is 4.79 Å². The van der Waals surface area contributed by atoms with Crippen LogP contribution in [-0.4, -0.2) is 46.4 Å². The minimum atomic E-state index is 0.411. The van der Waals surface area contributed by atoms with Gasteiger partial charge in [0.15, 0.2) is 11.5 Å². The van der Waals surface area contributed by atoms with Crippen molar-refractivity contribution < 1.29 is 4.79 Å². The van der Waals surface area contributed by atoms with E-state index < -0.39 is 0 Å². The molecule has 6 aromatic heterocycles. The summed E-state index contributed by atoms with van der Waals surface area (Å²) >= 11 is 1.58. The Labute approximate surface area is 184 Å². The lowest BCUT2D eigenvalue weighted by atomic mass is 10.2. The van der Waals surface area contributed by atoms with E-state index in [1.54, 1.807) is 42.3 Å². The molecule has 0 amide bonds. The van der Waals surface area contributed by atoms with E-state index in [0.717, 1.165) is 38.0 Å². The number of pyridine rings is 2. The second kappa shape index (κ2) is 7.43. The summed E-state index contributed by atoms with van der Waals surface area (Å²) in [5.74, 6) is 0.604. The average Bonchev–Trinajstić information content (AvgIpc) is 3.57. The van der Waals surface area contributed by atoms with Crippen molar-refractivity contribution in [1.82, 2.24) is 40.1 Å². The molecule has 0 aromatic carbocycles. The zero-order valence-electron chi connectivity index (χ0n) is 16.5. The number of aromatic amines is 2. The maximum atomic E-state index is 10.8. The third-order valence-corrected chi connectivity index (χ3v) is 6.24. The van der Waals surface area contributed by atoms with Gasteiger partial charge in [0.2, 0.25) is 0 Å². The predicted molar refractivity (Wildman–Crippen MR) is 121 cm³/mol. The van der Waals surface area contributed by atoms with E-state index in [4.69, 9.17) is 0 Å². The van der Waals surface area contributed by atoms with Crippen LogP contribution in [0.5, 0.6) is 0 Å². The Hall–Kier alpha value is -4.31. The summed E-state index contributed by atoms with van der Waals surface area (Å²) in [7, 11) is 0. The Morgan fingerprint density at radius 2 is 1.97 bits per heavy atom. The first-order chi connectivity index (χ1) is 15.8. The summed E-state index contributed by atoms with van der Waals surface area (Å²) in [5, 5.41) is 8.35. The molecule has 10 heteroatoms. The molecule has 9 nitrogen and oxygen atoms in total. The number of hydrogen-bond donors (Lipinski definition) is 2. The highest BCUT2D eigenvalue weighted by Crippen LogP contribution is 2.34. The standard InChI is InChI=1S/C22H14N8OS/c31-8-4-12-1-2-18(32-12)13-3-5-25-21-19(13)27-22(28-21)20-14-9-15(17-10-23-6-7-24-17)26-11-16(14)29-30-20/h1-3,5-11H,4H2,(H,29,30)(H,25,27,28). The quantitative estimate of drug-likeness (QED) is 0.392. The van der Waals surface area contributed by atoms with E-state index >= 15 is 0 Å². The molecule has 6 rings (SSSR count). The van der Waals surface area contributed by atoms with E-state index in [1.807, 2.05) is 24.3 Å². The maximum Gasteiger partial charge on any atom is 0.178 e. The van der Waals surface area contributed by atoms with Gasteiger partial charge in [0, 0.05) is 45.7 Å². The molecule has 0 aliphatic rings. The Bertz CT molecular complexity index is 1580. The molecule has 0 spiro atoms. The van der Waals surface area contributed by atoms with Crippen LogP contribution in [0.3, 0.4) is 0 Å². The van der Waals surface area contributed by atoms with Crippen molar-refractivity contribution in [3.63, 3.8) is 0 Å². The zero-order valence-corrected chi connectivity index (χ0v) is 17.3. The van der Waals surface area contributed by atoms with Gasteiger partial charge in [-0.3, -0.25) is 20.1 Å². The second-order valence-corrected chi connectivity index (χ2v) is 8.23. The smallest absolute Gasteiger partial charge is 0.178 e. The minimum absolute atomic E-state index is 0.411. The van der Waals surface area contributed by atoms with E-state index in [-0.39, 0.29) is 0 Å². The summed E-state index contributed by atoms with van der Waals surface area (Å²) in [6.07, 6.45) is 9.72. The molecule has 6 heterocycles. The predicted octanol–water partition coefficient (Wildman–Crippen LogP) is 3.82. The van der Waals surface area contributed by atoms with Crippen LogP contribution in [0.25, 0.3) is 55.4 Å². The third kappa shape index (κ3) is 3.05. The van der Waals surface area contributed by atoms with Crippen molar-refractivity contribution in [1.29, 1.82) is 0 Å². The van der Waals surface area contributed by atoms with Crippen LogP contribution in [-0.2, 0) is 11.2 Å². The molecule has 0 radical (unpaired) electrons. The number of nitrogens with one attached hydrogen (secondary N) is 2. The van der Waals surface area contributed by atoms with Crippen LogP contribution < -0.4 is 0 Å². The van der Waals surface area contributed by atoms with E-state index in [2.05, 4.69) is 40.1 Å². The van der Waals surface area contributed by atoms with Gasteiger partial charge in [-0.25, -0.2) is 9.97 Å². The molecule has 2 N–H and O–H groups in total. The monoisotopic (exact) mass is 438 g/mol. The summed E-state index contributed by atoms with van der Waals surface area (Å²) in [6, 6.07) is 7.85. The lowest BCUT2D eigenvalue weighted by Crippen LogP contribution is -1.88. The molecule has 0 saturated heterocycles. The Morgan fingerprint density at radius 1 is 1.00 bits per heavy atom. The van der Waals surface area contributed by atoms with Crippen molar-refractivity contribution in [3.8, 4) is 33.3 Å². The van der Waals surface area contributed by atoms with Gasteiger partial charge in [0.1, 0.15) is 17.7 Å². The highest BCUT2D eigenvalue weighted by Gasteiger charge is 2.17. The Kier molecular flexibility index (Phi) is 4.29. The van der Waals surface area contributed by atoms with Gasteiger partial charge in [0.25, 0.3) is 0 Å². The summed E-state index contributed by atoms with van der Waals surface area (Å²) in [6.45, 7) is 0. The first-order valence-corrected chi connectivity index (χ1v) is 10.6. The fourth-order valence-electron chi connectivity index (χ4n) is 3.61. The normalized spacial score (nSPS) is 11.4. The van der Waals surface area contributed by atoms with Gasteiger partial charge in [-0.05, 0) is 24.3 Å². The van der Waals surface area contributed by atoms with Crippen LogP contribution in [0.15, 0.2) is 55.2 Å². The number of carbonyl (C=O) groups is 1. The van der Waals surface area contributed by atoms with Gasteiger partial charge in [-0.2, -0.15) is 5.10 Å². The number of thiophene rings is 1. The molecule has 0 fully saturated rings. The Morgan fingerprint density at radius 3 is 2.84 bits per heavy atom. The molecular formula is C22H14N8OS. The summed E-state index contributed by atoms with van der Waals surface area (Å²) in [4.78, 5) is 38.3. The van der Waals surface area contributed by atoms with Gasteiger partial charge in [-0.15, -0.1) is 11.3 Å². The highest BCUT2D eigenvalue weighted by molar-refractivity contribution is 7.15. The van der Waals surface area contributed by atoms with Crippen LogP contribution in [0.4, 0.5) is 0 Å². The van der Waals surface area contributed by atoms with Crippen LogP contribution in [0.1, 0.15) is 4.88 Å². The first-order valence-electron chi connectivity index (χ1n) is 9.78. The van der Waals surface area contributed by atoms with Crippen LogP contribution in [0.2, 0.25) is 0 Å². The number of aromatic nitrogens is 8. The second-order valence-electron chi connectivity index (χ2n) is 7.06. The number of rotatable bonds is 5. The molecule has 0 unspecified atom stereocenters.